The maximum Gasteiger partial charge on any atom is 0.231 e. The van der Waals surface area contributed by atoms with Gasteiger partial charge in [-0.2, -0.15) is 0 Å². The smallest absolute Gasteiger partial charge is 0.231 e. The van der Waals surface area contributed by atoms with E-state index in [0.29, 0.717) is 0 Å². The van der Waals surface area contributed by atoms with Crippen LogP contribution < -0.4 is 20.1 Å². The standard InChI is InChI=1S/C15H14N2O3/c1-10(18)16-11-2-4-12(5-3-11)17-13-6-7-14-15(8-13)20-9-19-14/h2-8,17H,9H2,1H3,(H,16,18). The lowest BCUT2D eigenvalue weighted by Crippen LogP contribution is -2.05. The maximum atomic E-state index is 10.9. The van der Waals surface area contributed by atoms with Crippen molar-refractivity contribution in [1.29, 1.82) is 0 Å². The Hall–Kier alpha value is -2.69. The van der Waals surface area contributed by atoms with Crippen molar-refractivity contribution in [2.24, 2.45) is 0 Å². The lowest BCUT2D eigenvalue weighted by molar-refractivity contribution is -0.114. The number of amides is 1. The largest absolute Gasteiger partial charge is 0.454 e. The van der Waals surface area contributed by atoms with Crippen molar-refractivity contribution in [2.45, 2.75) is 6.92 Å². The highest BCUT2D eigenvalue weighted by atomic mass is 16.7. The van der Waals surface area contributed by atoms with Crippen LogP contribution in [0.25, 0.3) is 0 Å². The third-order valence-corrected chi connectivity index (χ3v) is 2.87. The molecule has 2 N–H and O–H groups in total. The van der Waals surface area contributed by atoms with E-state index in [1.54, 1.807) is 0 Å². The molecule has 0 atom stereocenters. The summed E-state index contributed by atoms with van der Waals surface area (Å²) in [5.74, 6) is 1.42. The fourth-order valence-electron chi connectivity index (χ4n) is 1.98. The first kappa shape index (κ1) is 12.3. The number of anilines is 3. The number of benzene rings is 2. The molecule has 1 heterocycles. The van der Waals surface area contributed by atoms with Gasteiger partial charge in [0.1, 0.15) is 0 Å². The van der Waals surface area contributed by atoms with Crippen molar-refractivity contribution >= 4 is 23.0 Å². The van der Waals surface area contributed by atoms with E-state index in [4.69, 9.17) is 9.47 Å². The molecular formula is C15H14N2O3. The van der Waals surface area contributed by atoms with Crippen molar-refractivity contribution in [3.63, 3.8) is 0 Å². The highest BCUT2D eigenvalue weighted by Gasteiger charge is 2.13. The highest BCUT2D eigenvalue weighted by molar-refractivity contribution is 5.88. The Kier molecular flexibility index (Phi) is 3.16. The zero-order chi connectivity index (χ0) is 13.9. The van der Waals surface area contributed by atoms with Crippen LogP contribution in [0.3, 0.4) is 0 Å². The molecule has 102 valence electrons. The molecular weight excluding hydrogens is 256 g/mol. The molecule has 2 aromatic carbocycles. The summed E-state index contributed by atoms with van der Waals surface area (Å²) in [7, 11) is 0. The van der Waals surface area contributed by atoms with Gasteiger partial charge in [-0.1, -0.05) is 0 Å². The van der Waals surface area contributed by atoms with Crippen LogP contribution in [0.15, 0.2) is 42.5 Å². The van der Waals surface area contributed by atoms with E-state index in [1.807, 2.05) is 42.5 Å². The minimum atomic E-state index is -0.0820. The summed E-state index contributed by atoms with van der Waals surface area (Å²) in [5.41, 5.74) is 2.62. The average molecular weight is 270 g/mol. The zero-order valence-electron chi connectivity index (χ0n) is 11.0. The third-order valence-electron chi connectivity index (χ3n) is 2.87. The summed E-state index contributed by atoms with van der Waals surface area (Å²) in [4.78, 5) is 10.9. The van der Waals surface area contributed by atoms with E-state index >= 15 is 0 Å². The van der Waals surface area contributed by atoms with Gasteiger partial charge in [-0.25, -0.2) is 0 Å². The van der Waals surface area contributed by atoms with Gasteiger partial charge < -0.3 is 20.1 Å². The second kappa shape index (κ2) is 5.13. The molecule has 20 heavy (non-hydrogen) atoms. The fraction of sp³-hybridized carbons (Fsp3) is 0.133. The number of hydrogen-bond donors (Lipinski definition) is 2. The van der Waals surface area contributed by atoms with Gasteiger partial charge >= 0.3 is 0 Å². The molecule has 5 nitrogen and oxygen atoms in total. The van der Waals surface area contributed by atoms with Crippen LogP contribution in [-0.2, 0) is 4.79 Å². The highest BCUT2D eigenvalue weighted by Crippen LogP contribution is 2.35. The van der Waals surface area contributed by atoms with E-state index < -0.39 is 0 Å². The first-order valence-electron chi connectivity index (χ1n) is 6.25. The van der Waals surface area contributed by atoms with Gasteiger partial charge in [0.15, 0.2) is 11.5 Å². The number of carbonyl (C=O) groups is 1. The predicted octanol–water partition coefficient (Wildman–Crippen LogP) is 3.12. The second-order valence-corrected chi connectivity index (χ2v) is 4.45. The third kappa shape index (κ3) is 2.66. The Morgan fingerprint density at radius 3 is 2.35 bits per heavy atom. The van der Waals surface area contributed by atoms with E-state index in [2.05, 4.69) is 10.6 Å². The molecule has 5 heteroatoms. The number of fused-ring (bicyclic) bond motifs is 1. The average Bonchev–Trinajstić information content (AvgIpc) is 2.88. The number of hydrogen-bond acceptors (Lipinski definition) is 4. The van der Waals surface area contributed by atoms with Gasteiger partial charge in [0, 0.05) is 30.1 Å². The zero-order valence-corrected chi connectivity index (χ0v) is 11.0. The van der Waals surface area contributed by atoms with Crippen LogP contribution in [0.1, 0.15) is 6.92 Å². The monoisotopic (exact) mass is 270 g/mol. The van der Waals surface area contributed by atoms with Crippen molar-refractivity contribution < 1.29 is 14.3 Å². The van der Waals surface area contributed by atoms with Gasteiger partial charge in [-0.05, 0) is 36.4 Å². The summed E-state index contributed by atoms with van der Waals surface area (Å²) in [5, 5.41) is 5.99. The van der Waals surface area contributed by atoms with Crippen LogP contribution in [0.4, 0.5) is 17.1 Å². The number of rotatable bonds is 3. The summed E-state index contributed by atoms with van der Waals surface area (Å²) in [6.07, 6.45) is 0. The molecule has 2 aromatic rings. The Morgan fingerprint density at radius 1 is 0.950 bits per heavy atom. The van der Waals surface area contributed by atoms with Crippen molar-refractivity contribution in [3.05, 3.63) is 42.5 Å². The quantitative estimate of drug-likeness (QED) is 0.899. The van der Waals surface area contributed by atoms with Crippen LogP contribution in [0.2, 0.25) is 0 Å². The van der Waals surface area contributed by atoms with E-state index in [-0.39, 0.29) is 12.7 Å². The van der Waals surface area contributed by atoms with Crippen LogP contribution in [-0.4, -0.2) is 12.7 Å². The lowest BCUT2D eigenvalue weighted by atomic mass is 10.2. The molecule has 0 spiro atoms. The van der Waals surface area contributed by atoms with Crippen molar-refractivity contribution in [1.82, 2.24) is 0 Å². The Labute approximate surface area is 116 Å². The second-order valence-electron chi connectivity index (χ2n) is 4.45. The molecule has 1 amide bonds. The molecule has 0 saturated heterocycles. The minimum Gasteiger partial charge on any atom is -0.454 e. The summed E-state index contributed by atoms with van der Waals surface area (Å²) < 4.78 is 10.6. The Morgan fingerprint density at radius 2 is 1.60 bits per heavy atom. The molecule has 0 unspecified atom stereocenters. The van der Waals surface area contributed by atoms with Crippen LogP contribution in [0.5, 0.6) is 11.5 Å². The Balaban J connectivity index is 1.72. The SMILES string of the molecule is CC(=O)Nc1ccc(Nc2ccc3c(c2)OCO3)cc1. The van der Waals surface area contributed by atoms with E-state index in [0.717, 1.165) is 28.6 Å². The van der Waals surface area contributed by atoms with Gasteiger partial charge in [-0.3, -0.25) is 4.79 Å². The molecule has 1 aliphatic heterocycles. The number of ether oxygens (including phenoxy) is 2. The van der Waals surface area contributed by atoms with E-state index in [9.17, 15) is 4.79 Å². The lowest BCUT2D eigenvalue weighted by Gasteiger charge is -2.08. The van der Waals surface area contributed by atoms with E-state index in [1.165, 1.54) is 6.92 Å². The minimum absolute atomic E-state index is 0.0820. The molecule has 0 bridgehead atoms. The predicted molar refractivity (Wildman–Crippen MR) is 76.6 cm³/mol. The normalized spacial score (nSPS) is 12.1. The summed E-state index contributed by atoms with van der Waals surface area (Å²) in [6, 6.07) is 13.2. The molecule has 0 aromatic heterocycles. The van der Waals surface area contributed by atoms with Crippen molar-refractivity contribution in [3.8, 4) is 11.5 Å². The first-order chi connectivity index (χ1) is 9.70. The number of carbonyl (C=O) groups excluding carboxylic acids is 1. The molecule has 0 saturated carbocycles. The molecule has 3 rings (SSSR count). The van der Waals surface area contributed by atoms with Gasteiger partial charge in [0.25, 0.3) is 0 Å². The molecule has 1 aliphatic rings. The van der Waals surface area contributed by atoms with Crippen molar-refractivity contribution in [2.75, 3.05) is 17.4 Å². The first-order valence-corrected chi connectivity index (χ1v) is 6.25. The van der Waals surface area contributed by atoms with Gasteiger partial charge in [0.05, 0.1) is 0 Å². The van der Waals surface area contributed by atoms with Gasteiger partial charge in [-0.15, -0.1) is 0 Å². The van der Waals surface area contributed by atoms with Crippen LogP contribution in [0, 0.1) is 0 Å². The summed E-state index contributed by atoms with van der Waals surface area (Å²) >= 11 is 0. The summed E-state index contributed by atoms with van der Waals surface area (Å²) in [6.45, 7) is 1.75. The Bertz CT molecular complexity index is 638. The topological polar surface area (TPSA) is 59.6 Å². The molecule has 0 fully saturated rings. The van der Waals surface area contributed by atoms with Gasteiger partial charge in [0.2, 0.25) is 12.7 Å². The number of nitrogens with one attached hydrogen (secondary N) is 2. The fourth-order valence-corrected chi connectivity index (χ4v) is 1.98. The maximum absolute atomic E-state index is 10.9. The van der Waals surface area contributed by atoms with Crippen LogP contribution >= 0.6 is 0 Å². The molecule has 0 aliphatic carbocycles. The molecule has 0 radical (unpaired) electrons.